The molecular formula is C19H28FN3O. The smallest absolute Gasteiger partial charge is 0.236 e. The van der Waals surface area contributed by atoms with E-state index in [2.05, 4.69) is 17.1 Å². The molecule has 1 heterocycles. The highest BCUT2D eigenvalue weighted by Gasteiger charge is 2.24. The number of nitrogens with zero attached hydrogens (tertiary/aromatic N) is 2. The second kappa shape index (κ2) is 7.97. The Balaban J connectivity index is 1.44. The Kier molecular flexibility index (Phi) is 5.72. The minimum absolute atomic E-state index is 0.200. The Labute approximate surface area is 144 Å². The molecule has 0 spiro atoms. The first-order chi connectivity index (χ1) is 11.6. The van der Waals surface area contributed by atoms with Crippen molar-refractivity contribution in [1.82, 2.24) is 10.2 Å². The van der Waals surface area contributed by atoms with Crippen molar-refractivity contribution in [2.45, 2.75) is 38.6 Å². The molecular weight excluding hydrogens is 305 g/mol. The molecule has 1 aliphatic heterocycles. The van der Waals surface area contributed by atoms with E-state index >= 15 is 0 Å². The molecule has 0 bridgehead atoms. The Morgan fingerprint density at radius 1 is 1.12 bits per heavy atom. The van der Waals surface area contributed by atoms with E-state index in [1.807, 2.05) is 4.90 Å². The molecule has 2 atom stereocenters. The number of halogens is 1. The van der Waals surface area contributed by atoms with Gasteiger partial charge in [-0.1, -0.05) is 19.8 Å². The SMILES string of the molecule is CC1CCCCC1NCC(=O)N1CCN(c2ccc(F)cc2)CC1. The van der Waals surface area contributed by atoms with Crippen LogP contribution in [0.2, 0.25) is 0 Å². The third kappa shape index (κ3) is 4.26. The largest absolute Gasteiger partial charge is 0.368 e. The monoisotopic (exact) mass is 333 g/mol. The third-order valence-electron chi connectivity index (χ3n) is 5.45. The number of hydrogen-bond acceptors (Lipinski definition) is 3. The first-order valence-electron chi connectivity index (χ1n) is 9.15. The van der Waals surface area contributed by atoms with Crippen LogP contribution in [0.3, 0.4) is 0 Å². The lowest BCUT2D eigenvalue weighted by Gasteiger charge is -2.37. The molecule has 2 unspecified atom stereocenters. The van der Waals surface area contributed by atoms with Crippen LogP contribution in [0.4, 0.5) is 10.1 Å². The maximum atomic E-state index is 13.0. The summed E-state index contributed by atoms with van der Waals surface area (Å²) in [4.78, 5) is 16.6. The molecule has 5 heteroatoms. The van der Waals surface area contributed by atoms with Crippen molar-refractivity contribution in [3.8, 4) is 0 Å². The highest BCUT2D eigenvalue weighted by Crippen LogP contribution is 2.23. The maximum Gasteiger partial charge on any atom is 0.236 e. The van der Waals surface area contributed by atoms with E-state index in [1.54, 1.807) is 12.1 Å². The topological polar surface area (TPSA) is 35.6 Å². The van der Waals surface area contributed by atoms with Crippen LogP contribution in [0.25, 0.3) is 0 Å². The summed E-state index contributed by atoms with van der Waals surface area (Å²) in [6.07, 6.45) is 5.04. The molecule has 1 aliphatic carbocycles. The van der Waals surface area contributed by atoms with Crippen LogP contribution in [0.1, 0.15) is 32.6 Å². The number of benzene rings is 1. The third-order valence-corrected chi connectivity index (χ3v) is 5.45. The quantitative estimate of drug-likeness (QED) is 0.920. The van der Waals surface area contributed by atoms with Crippen LogP contribution >= 0.6 is 0 Å². The fourth-order valence-corrected chi connectivity index (χ4v) is 3.82. The van der Waals surface area contributed by atoms with Crippen molar-refractivity contribution < 1.29 is 9.18 Å². The van der Waals surface area contributed by atoms with E-state index in [1.165, 1.54) is 37.8 Å². The molecule has 1 N–H and O–H groups in total. The molecule has 2 fully saturated rings. The van der Waals surface area contributed by atoms with Gasteiger partial charge in [0.15, 0.2) is 0 Å². The molecule has 1 saturated carbocycles. The van der Waals surface area contributed by atoms with Gasteiger partial charge in [-0.25, -0.2) is 4.39 Å². The van der Waals surface area contributed by atoms with E-state index in [0.29, 0.717) is 18.5 Å². The first kappa shape index (κ1) is 17.2. The summed E-state index contributed by atoms with van der Waals surface area (Å²) < 4.78 is 13.0. The van der Waals surface area contributed by atoms with E-state index in [4.69, 9.17) is 0 Å². The average Bonchev–Trinajstić information content (AvgIpc) is 2.62. The van der Waals surface area contributed by atoms with Gasteiger partial charge in [-0.15, -0.1) is 0 Å². The normalized spacial score (nSPS) is 24.9. The lowest BCUT2D eigenvalue weighted by Crippen LogP contribution is -2.52. The number of anilines is 1. The Morgan fingerprint density at radius 3 is 2.46 bits per heavy atom. The van der Waals surface area contributed by atoms with Gasteiger partial charge in [0, 0.05) is 37.9 Å². The summed E-state index contributed by atoms with van der Waals surface area (Å²) >= 11 is 0. The molecule has 2 aliphatic rings. The molecule has 24 heavy (non-hydrogen) atoms. The van der Waals surface area contributed by atoms with Crippen molar-refractivity contribution in [3.05, 3.63) is 30.1 Å². The number of amides is 1. The second-order valence-corrected chi connectivity index (χ2v) is 7.09. The van der Waals surface area contributed by atoms with E-state index in [9.17, 15) is 9.18 Å². The van der Waals surface area contributed by atoms with Crippen molar-refractivity contribution in [3.63, 3.8) is 0 Å². The minimum atomic E-state index is -0.212. The molecule has 0 aromatic heterocycles. The number of carbonyl (C=O) groups excluding carboxylic acids is 1. The summed E-state index contributed by atoms with van der Waals surface area (Å²) in [5, 5.41) is 3.47. The molecule has 1 aromatic rings. The van der Waals surface area contributed by atoms with Gasteiger partial charge in [0.1, 0.15) is 5.82 Å². The van der Waals surface area contributed by atoms with Gasteiger partial charge < -0.3 is 15.1 Å². The highest BCUT2D eigenvalue weighted by molar-refractivity contribution is 5.78. The lowest BCUT2D eigenvalue weighted by atomic mass is 9.86. The summed E-state index contributed by atoms with van der Waals surface area (Å²) in [5.41, 5.74) is 1.03. The molecule has 4 nitrogen and oxygen atoms in total. The summed E-state index contributed by atoms with van der Waals surface area (Å²) in [6.45, 7) is 5.80. The molecule has 1 amide bonds. The zero-order chi connectivity index (χ0) is 16.9. The van der Waals surface area contributed by atoms with E-state index in [0.717, 1.165) is 31.9 Å². The number of rotatable bonds is 4. The molecule has 1 saturated heterocycles. The predicted molar refractivity (Wildman–Crippen MR) is 94.6 cm³/mol. The van der Waals surface area contributed by atoms with Crippen molar-refractivity contribution in [2.75, 3.05) is 37.6 Å². The second-order valence-electron chi connectivity index (χ2n) is 7.09. The summed E-state index contributed by atoms with van der Waals surface area (Å²) in [6, 6.07) is 7.07. The van der Waals surface area contributed by atoms with Crippen LogP contribution in [-0.4, -0.2) is 49.6 Å². The fraction of sp³-hybridized carbons (Fsp3) is 0.632. The lowest BCUT2D eigenvalue weighted by molar-refractivity contribution is -0.130. The van der Waals surface area contributed by atoms with Gasteiger partial charge >= 0.3 is 0 Å². The van der Waals surface area contributed by atoms with Gasteiger partial charge in [-0.3, -0.25) is 4.79 Å². The highest BCUT2D eigenvalue weighted by atomic mass is 19.1. The number of carbonyl (C=O) groups is 1. The number of hydrogen-bond donors (Lipinski definition) is 1. The summed E-state index contributed by atoms with van der Waals surface area (Å²) in [7, 11) is 0. The Hall–Kier alpha value is -1.62. The molecule has 0 radical (unpaired) electrons. The van der Waals surface area contributed by atoms with Crippen molar-refractivity contribution >= 4 is 11.6 Å². The van der Waals surface area contributed by atoms with E-state index in [-0.39, 0.29) is 11.7 Å². The zero-order valence-corrected chi connectivity index (χ0v) is 14.5. The van der Waals surface area contributed by atoms with Gasteiger partial charge in [0.2, 0.25) is 5.91 Å². The van der Waals surface area contributed by atoms with Gasteiger partial charge in [0.05, 0.1) is 6.54 Å². The van der Waals surface area contributed by atoms with Crippen LogP contribution in [0.5, 0.6) is 0 Å². The fourth-order valence-electron chi connectivity index (χ4n) is 3.82. The van der Waals surface area contributed by atoms with Crippen LogP contribution in [-0.2, 0) is 4.79 Å². The predicted octanol–water partition coefficient (Wildman–Crippen LogP) is 2.64. The maximum absolute atomic E-state index is 13.0. The van der Waals surface area contributed by atoms with Gasteiger partial charge in [-0.05, 0) is 43.0 Å². The number of piperazine rings is 1. The van der Waals surface area contributed by atoms with Gasteiger partial charge in [0.25, 0.3) is 0 Å². The minimum Gasteiger partial charge on any atom is -0.368 e. The Bertz CT molecular complexity index is 540. The standard InChI is InChI=1S/C19H28FN3O/c1-15-4-2-3-5-18(15)21-14-19(24)23-12-10-22(11-13-23)17-8-6-16(20)7-9-17/h6-9,15,18,21H,2-5,10-14H2,1H3. The van der Waals surface area contributed by atoms with Crippen LogP contribution in [0, 0.1) is 11.7 Å². The van der Waals surface area contributed by atoms with Crippen molar-refractivity contribution in [2.24, 2.45) is 5.92 Å². The van der Waals surface area contributed by atoms with E-state index < -0.39 is 0 Å². The van der Waals surface area contributed by atoms with Crippen LogP contribution < -0.4 is 10.2 Å². The van der Waals surface area contributed by atoms with Crippen molar-refractivity contribution in [1.29, 1.82) is 0 Å². The zero-order valence-electron chi connectivity index (χ0n) is 14.5. The van der Waals surface area contributed by atoms with Gasteiger partial charge in [-0.2, -0.15) is 0 Å². The summed E-state index contributed by atoms with van der Waals surface area (Å²) in [5.74, 6) is 0.656. The van der Waals surface area contributed by atoms with Crippen LogP contribution in [0.15, 0.2) is 24.3 Å². The average molecular weight is 333 g/mol. The molecule has 3 rings (SSSR count). The Morgan fingerprint density at radius 2 is 1.79 bits per heavy atom. The molecule has 132 valence electrons. The number of nitrogens with one attached hydrogen (secondary N) is 1. The first-order valence-corrected chi connectivity index (χ1v) is 9.15. The molecule has 1 aromatic carbocycles.